The van der Waals surface area contributed by atoms with Crippen molar-refractivity contribution >= 4 is 5.97 Å². The first-order chi connectivity index (χ1) is 8.20. The molecule has 1 aromatic rings. The van der Waals surface area contributed by atoms with Gasteiger partial charge in [0, 0.05) is 6.04 Å². The molecule has 0 spiro atoms. The van der Waals surface area contributed by atoms with E-state index in [0.29, 0.717) is 6.61 Å². The summed E-state index contributed by atoms with van der Waals surface area (Å²) in [4.78, 5) is 11.3. The largest absolute Gasteiger partial charge is 0.466 e. The average molecular weight is 233 g/mol. The SMILES string of the molecule is CCOC(=O)C[C@@H](N)c1ccc(C2CC2)cc1. The van der Waals surface area contributed by atoms with Crippen molar-refractivity contribution in [3.8, 4) is 0 Å². The predicted octanol–water partition coefficient (Wildman–Crippen LogP) is 2.52. The highest BCUT2D eigenvalue weighted by Crippen LogP contribution is 2.40. The molecule has 0 aromatic heterocycles. The number of carbonyl (C=O) groups excluding carboxylic acids is 1. The average Bonchev–Trinajstić information content (AvgIpc) is 3.13. The maximum absolute atomic E-state index is 11.3. The summed E-state index contributed by atoms with van der Waals surface area (Å²) in [6, 6.07) is 8.03. The number of ether oxygens (including phenoxy) is 1. The molecule has 1 fully saturated rings. The zero-order valence-electron chi connectivity index (χ0n) is 10.2. The highest BCUT2D eigenvalue weighted by Gasteiger charge is 2.23. The summed E-state index contributed by atoms with van der Waals surface area (Å²) in [6.07, 6.45) is 2.85. The van der Waals surface area contributed by atoms with E-state index in [1.165, 1.54) is 18.4 Å². The molecule has 2 N–H and O–H groups in total. The number of hydrogen-bond acceptors (Lipinski definition) is 3. The third-order valence-electron chi connectivity index (χ3n) is 3.11. The summed E-state index contributed by atoms with van der Waals surface area (Å²) in [5.74, 6) is 0.525. The van der Waals surface area contributed by atoms with Crippen molar-refractivity contribution in [1.82, 2.24) is 0 Å². The zero-order valence-corrected chi connectivity index (χ0v) is 10.2. The summed E-state index contributed by atoms with van der Waals surface area (Å²) in [7, 11) is 0. The molecule has 1 aromatic carbocycles. The van der Waals surface area contributed by atoms with Gasteiger partial charge >= 0.3 is 5.97 Å². The van der Waals surface area contributed by atoms with Crippen LogP contribution in [0.1, 0.15) is 49.3 Å². The van der Waals surface area contributed by atoms with Crippen LogP contribution in [0.4, 0.5) is 0 Å². The molecule has 1 saturated carbocycles. The van der Waals surface area contributed by atoms with E-state index in [4.69, 9.17) is 10.5 Å². The van der Waals surface area contributed by atoms with E-state index in [-0.39, 0.29) is 18.4 Å². The van der Waals surface area contributed by atoms with E-state index in [1.54, 1.807) is 6.92 Å². The third kappa shape index (κ3) is 3.30. The summed E-state index contributed by atoms with van der Waals surface area (Å²) in [5, 5.41) is 0. The van der Waals surface area contributed by atoms with Crippen LogP contribution in [0, 0.1) is 0 Å². The Balaban J connectivity index is 1.93. The van der Waals surface area contributed by atoms with E-state index in [1.807, 2.05) is 12.1 Å². The van der Waals surface area contributed by atoms with Gasteiger partial charge in [0.05, 0.1) is 13.0 Å². The van der Waals surface area contributed by atoms with Gasteiger partial charge in [0.15, 0.2) is 0 Å². The lowest BCUT2D eigenvalue weighted by atomic mass is 10.0. The fraction of sp³-hybridized carbons (Fsp3) is 0.500. The normalized spacial score (nSPS) is 16.6. The molecule has 3 nitrogen and oxygen atoms in total. The third-order valence-corrected chi connectivity index (χ3v) is 3.11. The molecule has 0 saturated heterocycles. The highest BCUT2D eigenvalue weighted by atomic mass is 16.5. The Kier molecular flexibility index (Phi) is 3.79. The molecule has 92 valence electrons. The molecular formula is C14H19NO2. The Morgan fingerprint density at radius 2 is 2.06 bits per heavy atom. The molecule has 0 amide bonds. The van der Waals surface area contributed by atoms with Crippen LogP contribution in [-0.2, 0) is 9.53 Å². The van der Waals surface area contributed by atoms with Crippen molar-refractivity contribution in [2.24, 2.45) is 5.73 Å². The number of hydrogen-bond donors (Lipinski definition) is 1. The minimum atomic E-state index is -0.262. The summed E-state index contributed by atoms with van der Waals surface area (Å²) in [5.41, 5.74) is 8.36. The Bertz CT molecular complexity index is 382. The first-order valence-corrected chi connectivity index (χ1v) is 6.21. The van der Waals surface area contributed by atoms with E-state index >= 15 is 0 Å². The van der Waals surface area contributed by atoms with Gasteiger partial charge in [-0.05, 0) is 36.8 Å². The van der Waals surface area contributed by atoms with Crippen LogP contribution in [0.2, 0.25) is 0 Å². The Labute approximate surface area is 102 Å². The van der Waals surface area contributed by atoms with Gasteiger partial charge in [-0.2, -0.15) is 0 Å². The maximum atomic E-state index is 11.3. The Morgan fingerprint density at radius 1 is 1.41 bits per heavy atom. The fourth-order valence-electron chi connectivity index (χ4n) is 1.95. The van der Waals surface area contributed by atoms with Gasteiger partial charge < -0.3 is 10.5 Å². The van der Waals surface area contributed by atoms with E-state index in [9.17, 15) is 4.79 Å². The maximum Gasteiger partial charge on any atom is 0.307 e. The first-order valence-electron chi connectivity index (χ1n) is 6.21. The van der Waals surface area contributed by atoms with Crippen LogP contribution in [0.15, 0.2) is 24.3 Å². The van der Waals surface area contributed by atoms with Gasteiger partial charge in [-0.3, -0.25) is 4.79 Å². The van der Waals surface area contributed by atoms with Crippen molar-refractivity contribution < 1.29 is 9.53 Å². The summed E-state index contributed by atoms with van der Waals surface area (Å²) < 4.78 is 4.89. The summed E-state index contributed by atoms with van der Waals surface area (Å²) in [6.45, 7) is 2.21. The summed E-state index contributed by atoms with van der Waals surface area (Å²) >= 11 is 0. The van der Waals surface area contributed by atoms with Gasteiger partial charge in [0.1, 0.15) is 0 Å². The number of rotatable bonds is 5. The number of esters is 1. The van der Waals surface area contributed by atoms with Crippen LogP contribution in [0.25, 0.3) is 0 Å². The van der Waals surface area contributed by atoms with Crippen LogP contribution < -0.4 is 5.73 Å². The first kappa shape index (κ1) is 12.1. The lowest BCUT2D eigenvalue weighted by Crippen LogP contribution is -2.17. The predicted molar refractivity (Wildman–Crippen MR) is 66.6 cm³/mol. The van der Waals surface area contributed by atoms with Gasteiger partial charge in [-0.1, -0.05) is 24.3 Å². The van der Waals surface area contributed by atoms with Crippen molar-refractivity contribution in [3.63, 3.8) is 0 Å². The number of carbonyl (C=O) groups is 1. The minimum Gasteiger partial charge on any atom is -0.466 e. The van der Waals surface area contributed by atoms with Crippen LogP contribution in [0.3, 0.4) is 0 Å². The fourth-order valence-corrected chi connectivity index (χ4v) is 1.95. The molecule has 17 heavy (non-hydrogen) atoms. The van der Waals surface area contributed by atoms with Gasteiger partial charge in [0.25, 0.3) is 0 Å². The Morgan fingerprint density at radius 3 is 2.59 bits per heavy atom. The van der Waals surface area contributed by atoms with Crippen molar-refractivity contribution in [2.75, 3.05) is 6.61 Å². The van der Waals surface area contributed by atoms with Crippen LogP contribution >= 0.6 is 0 Å². The second-order valence-corrected chi connectivity index (χ2v) is 4.56. The van der Waals surface area contributed by atoms with Crippen molar-refractivity contribution in [1.29, 1.82) is 0 Å². The smallest absolute Gasteiger partial charge is 0.307 e. The van der Waals surface area contributed by atoms with Crippen molar-refractivity contribution in [3.05, 3.63) is 35.4 Å². The molecule has 1 atom stereocenters. The second-order valence-electron chi connectivity index (χ2n) is 4.56. The van der Waals surface area contributed by atoms with Crippen LogP contribution in [0.5, 0.6) is 0 Å². The lowest BCUT2D eigenvalue weighted by Gasteiger charge is -2.11. The number of nitrogens with two attached hydrogens (primary N) is 1. The van der Waals surface area contributed by atoms with Crippen molar-refractivity contribution in [2.45, 2.75) is 38.1 Å². The highest BCUT2D eigenvalue weighted by molar-refractivity contribution is 5.70. The number of benzene rings is 1. The zero-order chi connectivity index (χ0) is 12.3. The van der Waals surface area contributed by atoms with Gasteiger partial charge in [-0.15, -0.1) is 0 Å². The molecule has 1 aliphatic carbocycles. The van der Waals surface area contributed by atoms with E-state index < -0.39 is 0 Å². The molecular weight excluding hydrogens is 214 g/mol. The molecule has 0 unspecified atom stereocenters. The molecule has 2 rings (SSSR count). The lowest BCUT2D eigenvalue weighted by molar-refractivity contribution is -0.143. The minimum absolute atomic E-state index is 0.230. The van der Waals surface area contributed by atoms with E-state index in [0.717, 1.165) is 11.5 Å². The molecule has 0 radical (unpaired) electrons. The topological polar surface area (TPSA) is 52.3 Å². The van der Waals surface area contributed by atoms with Gasteiger partial charge in [0.2, 0.25) is 0 Å². The molecule has 0 aliphatic heterocycles. The standard InChI is InChI=1S/C14H19NO2/c1-2-17-14(16)9-13(15)12-7-5-11(6-8-12)10-3-4-10/h5-8,10,13H,2-4,9,15H2,1H3/t13-/m1/s1. The molecule has 3 heteroatoms. The molecule has 0 bridgehead atoms. The van der Waals surface area contributed by atoms with Gasteiger partial charge in [-0.25, -0.2) is 0 Å². The monoisotopic (exact) mass is 233 g/mol. The van der Waals surface area contributed by atoms with E-state index in [2.05, 4.69) is 12.1 Å². The molecule has 1 aliphatic rings. The molecule has 0 heterocycles. The van der Waals surface area contributed by atoms with Crippen LogP contribution in [-0.4, -0.2) is 12.6 Å². The second kappa shape index (κ2) is 5.32. The quantitative estimate of drug-likeness (QED) is 0.795. The Hall–Kier alpha value is -1.35.